The minimum Gasteiger partial charge on any atom is -0.504 e. The quantitative estimate of drug-likeness (QED) is 0.471. The molecule has 0 saturated carbocycles. The number of phenolic OH excluding ortho intramolecular Hbond substituents is 1. The van der Waals surface area contributed by atoms with Crippen molar-refractivity contribution < 1.29 is 19.4 Å². The van der Waals surface area contributed by atoms with Gasteiger partial charge in [-0.05, 0) is 43.3 Å². The lowest BCUT2D eigenvalue weighted by Crippen LogP contribution is -2.34. The molecule has 0 radical (unpaired) electrons. The van der Waals surface area contributed by atoms with Gasteiger partial charge in [0.2, 0.25) is 0 Å². The molecule has 2 aromatic rings. The highest BCUT2D eigenvalue weighted by atomic mass is 79.9. The molecule has 7 nitrogen and oxygen atoms in total. The van der Waals surface area contributed by atoms with Gasteiger partial charge in [0.1, 0.15) is 11.8 Å². The number of phenols is 1. The monoisotopic (exact) mass is 421 g/mol. The van der Waals surface area contributed by atoms with E-state index in [1.165, 1.54) is 13.3 Å². The van der Waals surface area contributed by atoms with Gasteiger partial charge in [0, 0.05) is 15.7 Å². The van der Waals surface area contributed by atoms with Gasteiger partial charge in [-0.15, -0.1) is 0 Å². The summed E-state index contributed by atoms with van der Waals surface area (Å²) in [4.78, 5) is 12.1. The third kappa shape index (κ3) is 5.13. The summed E-state index contributed by atoms with van der Waals surface area (Å²) in [6.07, 6.45) is 1.35. The first kappa shape index (κ1) is 19.6. The number of aromatic hydroxyl groups is 1. The molecule has 2 rings (SSSR count). The second-order valence-electron chi connectivity index (χ2n) is 5.37. The summed E-state index contributed by atoms with van der Waals surface area (Å²) < 4.78 is 10.9. The molecule has 1 unspecified atom stereocenters. The predicted octanol–water partition coefficient (Wildman–Crippen LogP) is 3.12. The maximum Gasteiger partial charge on any atom is 0.262 e. The van der Waals surface area contributed by atoms with Crippen LogP contribution < -0.4 is 20.2 Å². The summed E-state index contributed by atoms with van der Waals surface area (Å²) in [6, 6.07) is 10.0. The largest absolute Gasteiger partial charge is 0.504 e. The Morgan fingerprint density at radius 3 is 2.54 bits per heavy atom. The van der Waals surface area contributed by atoms with E-state index in [1.807, 2.05) is 12.1 Å². The van der Waals surface area contributed by atoms with E-state index in [9.17, 15) is 9.90 Å². The van der Waals surface area contributed by atoms with Gasteiger partial charge in [-0.3, -0.25) is 4.79 Å². The molecule has 0 spiro atoms. The third-order valence-corrected chi connectivity index (χ3v) is 3.99. The first-order valence-corrected chi connectivity index (χ1v) is 8.54. The van der Waals surface area contributed by atoms with Crippen LogP contribution in [0.4, 0.5) is 5.69 Å². The van der Waals surface area contributed by atoms with Crippen molar-refractivity contribution >= 4 is 33.7 Å². The van der Waals surface area contributed by atoms with Crippen LogP contribution in [0.2, 0.25) is 0 Å². The highest BCUT2D eigenvalue weighted by molar-refractivity contribution is 9.10. The molecule has 3 N–H and O–H groups in total. The number of rotatable bonds is 7. The molecule has 0 aromatic heterocycles. The molecular formula is C18H20BrN3O4. The number of hydrazone groups is 1. The normalized spacial score (nSPS) is 11.8. The van der Waals surface area contributed by atoms with Gasteiger partial charge in [0.25, 0.3) is 5.91 Å². The molecule has 1 atom stereocenters. The summed E-state index contributed by atoms with van der Waals surface area (Å²) in [7, 11) is 3.05. The summed E-state index contributed by atoms with van der Waals surface area (Å²) in [5.74, 6) is 0.667. The summed E-state index contributed by atoms with van der Waals surface area (Å²) in [6.45, 7) is 1.72. The van der Waals surface area contributed by atoms with Gasteiger partial charge in [-0.1, -0.05) is 15.9 Å². The Hall–Kier alpha value is -2.74. The van der Waals surface area contributed by atoms with Crippen LogP contribution in [0.5, 0.6) is 17.2 Å². The predicted molar refractivity (Wildman–Crippen MR) is 104 cm³/mol. The number of benzene rings is 2. The summed E-state index contributed by atoms with van der Waals surface area (Å²) in [5, 5.41) is 17.0. The molecule has 0 bridgehead atoms. The smallest absolute Gasteiger partial charge is 0.262 e. The molecule has 0 heterocycles. The van der Waals surface area contributed by atoms with E-state index in [-0.39, 0.29) is 11.7 Å². The Bertz CT molecular complexity index is 794. The van der Waals surface area contributed by atoms with Crippen molar-refractivity contribution in [1.82, 2.24) is 5.43 Å². The van der Waals surface area contributed by atoms with Gasteiger partial charge in [0.15, 0.2) is 11.5 Å². The van der Waals surface area contributed by atoms with E-state index >= 15 is 0 Å². The minimum atomic E-state index is -0.508. The van der Waals surface area contributed by atoms with E-state index in [0.717, 1.165) is 15.9 Å². The molecule has 8 heteroatoms. The molecule has 26 heavy (non-hydrogen) atoms. The van der Waals surface area contributed by atoms with Gasteiger partial charge in [-0.2, -0.15) is 5.10 Å². The van der Waals surface area contributed by atoms with Gasteiger partial charge in [0.05, 0.1) is 20.4 Å². The number of anilines is 1. The highest BCUT2D eigenvalue weighted by Crippen LogP contribution is 2.32. The number of methoxy groups -OCH3 is 2. The third-order valence-electron chi connectivity index (χ3n) is 3.53. The number of carbonyl (C=O) groups is 1. The van der Waals surface area contributed by atoms with Crippen molar-refractivity contribution in [3.63, 3.8) is 0 Å². The second-order valence-corrected chi connectivity index (χ2v) is 6.29. The molecule has 1 amide bonds. The van der Waals surface area contributed by atoms with Crippen molar-refractivity contribution in [2.45, 2.75) is 13.0 Å². The lowest BCUT2D eigenvalue weighted by Gasteiger charge is -2.13. The average Bonchev–Trinajstić information content (AvgIpc) is 2.64. The SMILES string of the molecule is COc1ccc(NC(C)C(=O)N/N=C/c2cc(Br)cc(OC)c2O)cc1. The lowest BCUT2D eigenvalue weighted by atomic mass is 10.2. The Labute approximate surface area is 160 Å². The van der Waals surface area contributed by atoms with Crippen LogP contribution in [0.25, 0.3) is 0 Å². The number of amides is 1. The van der Waals surface area contributed by atoms with Crippen LogP contribution in [0.15, 0.2) is 46.0 Å². The van der Waals surface area contributed by atoms with Crippen LogP contribution >= 0.6 is 15.9 Å². The number of nitrogens with zero attached hydrogens (tertiary/aromatic N) is 1. The first-order chi connectivity index (χ1) is 12.4. The summed E-state index contributed by atoms with van der Waals surface area (Å²) in [5.41, 5.74) is 3.63. The van der Waals surface area contributed by atoms with Crippen molar-refractivity contribution in [2.24, 2.45) is 5.10 Å². The van der Waals surface area contributed by atoms with E-state index in [1.54, 1.807) is 38.3 Å². The lowest BCUT2D eigenvalue weighted by molar-refractivity contribution is -0.121. The molecular weight excluding hydrogens is 402 g/mol. The van der Waals surface area contributed by atoms with E-state index in [0.29, 0.717) is 11.3 Å². The molecule has 2 aromatic carbocycles. The zero-order chi connectivity index (χ0) is 19.1. The van der Waals surface area contributed by atoms with Crippen molar-refractivity contribution in [1.29, 1.82) is 0 Å². The Morgan fingerprint density at radius 1 is 1.23 bits per heavy atom. The molecule has 0 aliphatic heterocycles. The van der Waals surface area contributed by atoms with Crippen LogP contribution in [0, 0.1) is 0 Å². The maximum atomic E-state index is 12.1. The van der Waals surface area contributed by atoms with E-state index in [4.69, 9.17) is 9.47 Å². The minimum absolute atomic E-state index is 0.0573. The van der Waals surface area contributed by atoms with Crippen LogP contribution in [-0.4, -0.2) is 37.5 Å². The standard InChI is InChI=1S/C18H20BrN3O4/c1-11(21-14-4-6-15(25-2)7-5-14)18(24)22-20-10-12-8-13(19)9-16(26-3)17(12)23/h4-11,21,23H,1-3H3,(H,22,24)/b20-10+. The van der Waals surface area contributed by atoms with Crippen molar-refractivity contribution in [3.8, 4) is 17.2 Å². The van der Waals surface area contributed by atoms with Gasteiger partial charge < -0.3 is 19.9 Å². The summed E-state index contributed by atoms with van der Waals surface area (Å²) >= 11 is 3.32. The van der Waals surface area contributed by atoms with Gasteiger partial charge >= 0.3 is 0 Å². The Balaban J connectivity index is 1.96. The second kappa shape index (κ2) is 9.10. The number of halogens is 1. The Kier molecular flexibility index (Phi) is 6.85. The van der Waals surface area contributed by atoms with Crippen LogP contribution in [0.3, 0.4) is 0 Å². The van der Waals surface area contributed by atoms with Crippen LogP contribution in [-0.2, 0) is 4.79 Å². The molecule has 0 aliphatic carbocycles. The maximum absolute atomic E-state index is 12.1. The zero-order valence-electron chi connectivity index (χ0n) is 14.6. The number of hydrogen-bond donors (Lipinski definition) is 3. The fraction of sp³-hybridized carbons (Fsp3) is 0.222. The number of nitrogens with one attached hydrogen (secondary N) is 2. The fourth-order valence-electron chi connectivity index (χ4n) is 2.11. The highest BCUT2D eigenvalue weighted by Gasteiger charge is 2.12. The van der Waals surface area contributed by atoms with Crippen molar-refractivity contribution in [2.75, 3.05) is 19.5 Å². The van der Waals surface area contributed by atoms with Gasteiger partial charge in [-0.25, -0.2) is 5.43 Å². The average molecular weight is 422 g/mol. The van der Waals surface area contributed by atoms with Crippen LogP contribution in [0.1, 0.15) is 12.5 Å². The van der Waals surface area contributed by atoms with E-state index in [2.05, 4.69) is 31.8 Å². The first-order valence-electron chi connectivity index (χ1n) is 7.74. The fourth-order valence-corrected chi connectivity index (χ4v) is 2.57. The van der Waals surface area contributed by atoms with Crippen molar-refractivity contribution in [3.05, 3.63) is 46.4 Å². The molecule has 0 fully saturated rings. The molecule has 0 aliphatic rings. The molecule has 0 saturated heterocycles. The number of hydrogen-bond acceptors (Lipinski definition) is 6. The number of carbonyl (C=O) groups excluding carboxylic acids is 1. The zero-order valence-corrected chi connectivity index (χ0v) is 16.2. The topological polar surface area (TPSA) is 92.2 Å². The van der Waals surface area contributed by atoms with E-state index < -0.39 is 6.04 Å². The number of ether oxygens (including phenoxy) is 2. The Morgan fingerprint density at radius 2 is 1.92 bits per heavy atom. The molecule has 138 valence electrons.